The van der Waals surface area contributed by atoms with Gasteiger partial charge in [0.1, 0.15) is 0 Å². The zero-order valence-corrected chi connectivity index (χ0v) is 14.8. The topological polar surface area (TPSA) is 4.36 Å². The molecule has 0 amide bonds. The van der Waals surface area contributed by atoms with Crippen LogP contribution in [-0.4, -0.2) is 5.54 Å². The molecule has 120 valence electrons. The van der Waals surface area contributed by atoms with Crippen LogP contribution >= 0.6 is 0 Å². The van der Waals surface area contributed by atoms with Gasteiger partial charge in [-0.05, 0) is 63.7 Å². The average molecular weight is 297 g/mol. The quantitative estimate of drug-likeness (QED) is 0.410. The van der Waals surface area contributed by atoms with Gasteiger partial charge in [-0.15, -0.1) is 0 Å². The summed E-state index contributed by atoms with van der Waals surface area (Å²) < 4.78 is 0. The first-order chi connectivity index (χ1) is 10.3. The summed E-state index contributed by atoms with van der Waals surface area (Å²) in [4.78, 5) is 4.18. The lowest BCUT2D eigenvalue weighted by Crippen LogP contribution is -2.59. The van der Waals surface area contributed by atoms with Crippen LogP contribution in [0.1, 0.15) is 66.2 Å². The van der Waals surface area contributed by atoms with Crippen LogP contribution in [-0.2, 0) is 0 Å². The van der Waals surface area contributed by atoms with Crippen molar-refractivity contribution in [3.63, 3.8) is 0 Å². The van der Waals surface area contributed by atoms with Crippen molar-refractivity contribution in [1.29, 1.82) is 0 Å². The molecule has 0 aromatic rings. The first kappa shape index (κ1) is 15.9. The van der Waals surface area contributed by atoms with Crippen LogP contribution in [0.2, 0.25) is 0 Å². The van der Waals surface area contributed by atoms with Crippen LogP contribution in [0.25, 0.3) is 4.85 Å². The van der Waals surface area contributed by atoms with Gasteiger partial charge in [-0.3, -0.25) is 0 Å². The number of allylic oxidation sites excluding steroid dienone is 3. The highest BCUT2D eigenvalue weighted by atomic mass is 14.9. The summed E-state index contributed by atoms with van der Waals surface area (Å²) in [5.41, 5.74) is 2.94. The van der Waals surface area contributed by atoms with Crippen molar-refractivity contribution in [1.82, 2.24) is 0 Å². The second-order valence-corrected chi connectivity index (χ2v) is 8.65. The molecule has 0 aliphatic heterocycles. The fraction of sp³-hybridized carbons (Fsp3) is 0.762. The van der Waals surface area contributed by atoms with Crippen LogP contribution in [0.5, 0.6) is 0 Å². The molecule has 0 saturated heterocycles. The molecule has 0 bridgehead atoms. The zero-order valence-electron chi connectivity index (χ0n) is 14.8. The van der Waals surface area contributed by atoms with Gasteiger partial charge >= 0.3 is 0 Å². The maximum absolute atomic E-state index is 7.88. The Bertz CT molecular complexity index is 551. The molecule has 2 fully saturated rings. The van der Waals surface area contributed by atoms with Gasteiger partial charge in [0.15, 0.2) is 0 Å². The van der Waals surface area contributed by atoms with Gasteiger partial charge in [-0.1, -0.05) is 30.7 Å². The van der Waals surface area contributed by atoms with Crippen molar-refractivity contribution in [3.05, 3.63) is 35.2 Å². The fourth-order valence-electron chi connectivity index (χ4n) is 6.38. The van der Waals surface area contributed by atoms with Gasteiger partial charge in [0.25, 0.3) is 0 Å². The Morgan fingerprint density at radius 1 is 1.32 bits per heavy atom. The molecule has 0 N–H and O–H groups in total. The van der Waals surface area contributed by atoms with Crippen molar-refractivity contribution >= 4 is 0 Å². The summed E-state index contributed by atoms with van der Waals surface area (Å²) in [7, 11) is 0. The second kappa shape index (κ2) is 5.26. The van der Waals surface area contributed by atoms with E-state index < -0.39 is 0 Å². The Morgan fingerprint density at radius 2 is 2.05 bits per heavy atom. The SMILES string of the molecule is [C-]#[N+][C@@]1(C)CC[C@@H]2[C@@H](C)CC[C@H](C(=C)C)[C@@]23C=C(C)CC[C@H]31. The van der Waals surface area contributed by atoms with Gasteiger partial charge in [0.05, 0.1) is 0 Å². The minimum Gasteiger partial charge on any atom is -0.310 e. The van der Waals surface area contributed by atoms with E-state index >= 15 is 0 Å². The first-order valence-corrected chi connectivity index (χ1v) is 9.07. The number of hydrogen-bond acceptors (Lipinski definition) is 0. The van der Waals surface area contributed by atoms with Crippen molar-refractivity contribution in [2.75, 3.05) is 0 Å². The van der Waals surface area contributed by atoms with Gasteiger partial charge in [-0.2, -0.15) is 0 Å². The average Bonchev–Trinajstić information content (AvgIpc) is 2.46. The molecular formula is C21H31N. The second-order valence-electron chi connectivity index (χ2n) is 8.65. The molecule has 3 aliphatic carbocycles. The Hall–Kier alpha value is -1.03. The van der Waals surface area contributed by atoms with Gasteiger partial charge in [-0.25, -0.2) is 6.57 Å². The molecule has 0 heterocycles. The normalized spacial score (nSPS) is 47.7. The van der Waals surface area contributed by atoms with E-state index in [0.717, 1.165) is 18.3 Å². The first-order valence-electron chi connectivity index (χ1n) is 9.07. The smallest absolute Gasteiger partial charge is 0.233 e. The molecule has 1 spiro atoms. The van der Waals surface area contributed by atoms with Crippen molar-refractivity contribution in [2.45, 2.75) is 71.8 Å². The summed E-state index contributed by atoms with van der Waals surface area (Å²) in [6.07, 6.45) is 9.93. The Kier molecular flexibility index (Phi) is 3.79. The maximum Gasteiger partial charge on any atom is 0.233 e. The fourth-order valence-corrected chi connectivity index (χ4v) is 6.38. The van der Waals surface area contributed by atoms with Gasteiger partial charge in [0.2, 0.25) is 5.54 Å². The third-order valence-electron chi connectivity index (χ3n) is 7.33. The monoisotopic (exact) mass is 297 g/mol. The lowest BCUT2D eigenvalue weighted by molar-refractivity contribution is -0.0733. The lowest BCUT2D eigenvalue weighted by Gasteiger charge is -2.61. The van der Waals surface area contributed by atoms with Crippen molar-refractivity contribution in [2.24, 2.45) is 29.1 Å². The lowest BCUT2D eigenvalue weighted by atomic mass is 9.41. The summed E-state index contributed by atoms with van der Waals surface area (Å²) in [6, 6.07) is 0. The van der Waals surface area contributed by atoms with Gasteiger partial charge < -0.3 is 4.85 Å². The van der Waals surface area contributed by atoms with Crippen molar-refractivity contribution < 1.29 is 0 Å². The summed E-state index contributed by atoms with van der Waals surface area (Å²) in [5.74, 6) is 2.63. The third-order valence-corrected chi connectivity index (χ3v) is 7.33. The summed E-state index contributed by atoms with van der Waals surface area (Å²) in [5, 5.41) is 0. The molecule has 1 heteroatoms. The number of hydrogen-bond donors (Lipinski definition) is 0. The number of rotatable bonds is 1. The van der Waals surface area contributed by atoms with Crippen LogP contribution < -0.4 is 0 Å². The predicted molar refractivity (Wildman–Crippen MR) is 93.3 cm³/mol. The molecule has 3 rings (SSSR count). The van der Waals surface area contributed by atoms with E-state index in [0.29, 0.717) is 11.8 Å². The summed E-state index contributed by atoms with van der Waals surface area (Å²) in [6.45, 7) is 21.5. The molecule has 1 nitrogen and oxygen atoms in total. The van der Waals surface area contributed by atoms with Crippen LogP contribution in [0.15, 0.2) is 23.8 Å². The summed E-state index contributed by atoms with van der Waals surface area (Å²) >= 11 is 0. The highest BCUT2D eigenvalue weighted by Gasteiger charge is 2.64. The standard InChI is InChI=1S/C21H31N/c1-14(2)17-9-8-16(4)18-11-12-20(5,22-6)19-10-7-15(3)13-21(17,18)19/h13,16-19H,1,7-12H2,2-5H3/t16-,17+,18+,19-,20-,21-/m0/s1. The van der Waals surface area contributed by atoms with Gasteiger partial charge in [0, 0.05) is 24.7 Å². The van der Waals surface area contributed by atoms with Crippen LogP contribution in [0.3, 0.4) is 0 Å². The molecule has 0 unspecified atom stereocenters. The van der Waals surface area contributed by atoms with E-state index in [1.54, 1.807) is 5.57 Å². The van der Waals surface area contributed by atoms with Crippen LogP contribution in [0.4, 0.5) is 0 Å². The zero-order chi connectivity index (χ0) is 16.1. The van der Waals surface area contributed by atoms with E-state index in [1.165, 1.54) is 37.7 Å². The molecule has 0 aromatic carbocycles. The largest absolute Gasteiger partial charge is 0.310 e. The van der Waals surface area contributed by atoms with Crippen molar-refractivity contribution in [3.8, 4) is 0 Å². The maximum atomic E-state index is 7.88. The minimum atomic E-state index is -0.168. The molecule has 0 aromatic heterocycles. The minimum absolute atomic E-state index is 0.168. The number of nitrogens with zero attached hydrogens (tertiary/aromatic N) is 1. The Labute approximate surface area is 136 Å². The highest BCUT2D eigenvalue weighted by Crippen LogP contribution is 2.66. The van der Waals surface area contributed by atoms with E-state index in [2.05, 4.69) is 45.2 Å². The molecule has 2 saturated carbocycles. The van der Waals surface area contributed by atoms with E-state index in [4.69, 9.17) is 6.57 Å². The van der Waals surface area contributed by atoms with E-state index in [9.17, 15) is 0 Å². The Balaban J connectivity index is 2.20. The molecule has 6 atom stereocenters. The third kappa shape index (κ3) is 2.03. The van der Waals surface area contributed by atoms with Crippen LogP contribution in [0, 0.1) is 35.7 Å². The van der Waals surface area contributed by atoms with E-state index in [-0.39, 0.29) is 11.0 Å². The predicted octanol–water partition coefficient (Wildman–Crippen LogP) is 6.04. The molecule has 22 heavy (non-hydrogen) atoms. The Morgan fingerprint density at radius 3 is 2.68 bits per heavy atom. The molecular weight excluding hydrogens is 266 g/mol. The molecule has 0 radical (unpaired) electrons. The molecule has 3 aliphatic rings. The van der Waals surface area contributed by atoms with E-state index in [1.807, 2.05) is 0 Å². The highest BCUT2D eigenvalue weighted by molar-refractivity contribution is 5.30.